The molecule has 4 fully saturated rings. The summed E-state index contributed by atoms with van der Waals surface area (Å²) in [6.07, 6.45) is 28.9. The number of fused-ring (bicyclic) bond motifs is 9. The van der Waals surface area contributed by atoms with Crippen LogP contribution in [0.4, 0.5) is 22.2 Å². The van der Waals surface area contributed by atoms with Gasteiger partial charge in [0.15, 0.2) is 0 Å². The number of anilines is 3. The summed E-state index contributed by atoms with van der Waals surface area (Å²) < 4.78 is 12.0. The smallest absolute Gasteiger partial charge is 0.407 e. The minimum absolute atomic E-state index is 0.0191. The minimum atomic E-state index is -0.678. The van der Waals surface area contributed by atoms with Crippen molar-refractivity contribution < 1.29 is 14.3 Å². The lowest BCUT2D eigenvalue weighted by Gasteiger charge is -2.39. The van der Waals surface area contributed by atoms with Crippen LogP contribution in [0.5, 0.6) is 0 Å². The van der Waals surface area contributed by atoms with Crippen molar-refractivity contribution in [3.05, 3.63) is 82.8 Å². The fourth-order valence-corrected chi connectivity index (χ4v) is 12.9. The zero-order valence-corrected chi connectivity index (χ0v) is 46.7. The van der Waals surface area contributed by atoms with Gasteiger partial charge in [-0.3, -0.25) is 9.98 Å². The maximum atomic E-state index is 12.2. The summed E-state index contributed by atoms with van der Waals surface area (Å²) in [5.74, 6) is 1.35. The first-order valence-electron chi connectivity index (χ1n) is 27.8. The van der Waals surface area contributed by atoms with Crippen molar-refractivity contribution >= 4 is 98.6 Å². The van der Waals surface area contributed by atoms with Crippen molar-refractivity contribution in [2.24, 2.45) is 9.98 Å². The van der Waals surface area contributed by atoms with Gasteiger partial charge in [0.25, 0.3) is 0 Å². The Bertz CT molecular complexity index is 3350. The summed E-state index contributed by atoms with van der Waals surface area (Å²) in [6, 6.07) is 10.4. The van der Waals surface area contributed by atoms with Gasteiger partial charge >= 0.3 is 6.09 Å². The van der Waals surface area contributed by atoms with Crippen molar-refractivity contribution in [3.63, 3.8) is 0 Å². The number of ether oxygens (including phenoxy) is 1. The number of alkyl carbamates (subject to hydrolysis) is 1. The van der Waals surface area contributed by atoms with Crippen LogP contribution in [0.15, 0.2) is 65.1 Å². The number of aliphatic imine (C=N–C) groups is 2. The molecule has 7 aromatic heterocycles. The second-order valence-electron chi connectivity index (χ2n) is 22.9. The van der Waals surface area contributed by atoms with Crippen LogP contribution < -0.4 is 15.5 Å². The molecule has 3 aliphatic carbocycles. The van der Waals surface area contributed by atoms with Gasteiger partial charge in [0.2, 0.25) is 16.5 Å². The number of likely N-dealkylation sites (N-methyl/N-ethyl adjacent to an activating group) is 1. The molecule has 78 heavy (non-hydrogen) atoms. The molecule has 410 valence electrons. The SMILES string of the molecule is CC(C)(C)OC(=O)NCc1cc2cnc(Cl)nc2n1C1(C=O)CCCCC1.CN1CCN(c2ccc(Nc3ncc4cc5n(c4n3)C3(C=NC5)CCCCC3)nc2)CC1.Clc1ncc2cc3n(c2n1)C1(C=NC3)CCCCC1. The number of carbonyl (C=O) groups excluding carboxylic acids is 2. The van der Waals surface area contributed by atoms with Gasteiger partial charge in [0.1, 0.15) is 40.2 Å². The van der Waals surface area contributed by atoms with Crippen molar-refractivity contribution in [1.29, 1.82) is 0 Å². The zero-order valence-electron chi connectivity index (χ0n) is 45.2. The normalized spacial score (nSPS) is 19.4. The standard InChI is InChI=1S/C24H30N8.C19H25ClN4O3.C14H15ClN4/c1-30-9-11-31(12-10-30)19-5-6-21(26-16-19)28-23-27-14-18-13-20-15-25-17-24(7-3-2-4-8-24)32(20)22(18)29-23;1-18(2,3)27-17(26)22-11-14-9-13-10-21-16(20)23-15(13)24(14)19(12-25)7-5-4-6-8-19;15-13-17-7-10-6-11-8-16-9-14(4-2-1-3-5-14)19(11)12(10)18-13/h5-6,13-14,16-17H,2-4,7-12,15H2,1H3,(H,26,27,28,29);9-10,12H,4-8,11H2,1-3H3,(H,22,26);6-7,9H,1-5,8H2. The third-order valence-corrected chi connectivity index (χ3v) is 16.7. The monoisotopic (exact) mass is 1100 g/mol. The molecule has 13 rings (SSSR count). The Morgan fingerprint density at radius 2 is 1.18 bits per heavy atom. The van der Waals surface area contributed by atoms with Crippen molar-refractivity contribution in [2.75, 3.05) is 43.4 Å². The zero-order chi connectivity index (χ0) is 54.1. The van der Waals surface area contributed by atoms with Gasteiger partial charge in [-0.2, -0.15) is 15.0 Å². The van der Waals surface area contributed by atoms with Crippen LogP contribution in [0.1, 0.15) is 134 Å². The Kier molecular flexibility index (Phi) is 15.3. The molecule has 0 unspecified atom stereocenters. The number of pyridine rings is 1. The molecule has 2 N–H and O–H groups in total. The first kappa shape index (κ1) is 53.4. The lowest BCUT2D eigenvalue weighted by atomic mass is 9.81. The second-order valence-corrected chi connectivity index (χ2v) is 23.6. The van der Waals surface area contributed by atoms with E-state index in [0.717, 1.165) is 142 Å². The molecule has 1 saturated heterocycles. The topological polar surface area (TPSA) is 204 Å². The van der Waals surface area contributed by atoms with E-state index in [1.54, 1.807) is 6.20 Å². The molecule has 2 spiro atoms. The van der Waals surface area contributed by atoms with E-state index >= 15 is 0 Å². The molecule has 0 atom stereocenters. The van der Waals surface area contributed by atoms with E-state index in [2.05, 4.69) is 102 Å². The Morgan fingerprint density at radius 1 is 0.654 bits per heavy atom. The maximum absolute atomic E-state index is 12.2. The number of hydrogen-bond acceptors (Lipinski definition) is 15. The minimum Gasteiger partial charge on any atom is -0.444 e. The molecule has 19 nitrogen and oxygen atoms in total. The van der Waals surface area contributed by atoms with E-state index in [0.29, 0.717) is 16.9 Å². The quantitative estimate of drug-likeness (QED) is 0.113. The number of nitrogens with one attached hydrogen (secondary N) is 2. The van der Waals surface area contributed by atoms with Gasteiger partial charge in [0.05, 0.1) is 42.6 Å². The highest BCUT2D eigenvalue weighted by molar-refractivity contribution is 6.28. The van der Waals surface area contributed by atoms with Crippen molar-refractivity contribution in [3.8, 4) is 0 Å². The van der Waals surface area contributed by atoms with Crippen molar-refractivity contribution in [1.82, 2.24) is 58.8 Å². The van der Waals surface area contributed by atoms with E-state index in [9.17, 15) is 9.59 Å². The molecule has 6 aliphatic rings. The van der Waals surface area contributed by atoms with Gasteiger partial charge < -0.3 is 43.7 Å². The van der Waals surface area contributed by atoms with Crippen molar-refractivity contribution in [2.45, 2.75) is 159 Å². The molecule has 3 saturated carbocycles. The molecule has 3 aliphatic heterocycles. The summed E-state index contributed by atoms with van der Waals surface area (Å²) in [6.45, 7) is 11.3. The number of halogens is 2. The Balaban J connectivity index is 0.000000128. The second kappa shape index (κ2) is 22.3. The predicted octanol–water partition coefficient (Wildman–Crippen LogP) is 10.9. The molecular weight excluding hydrogens is 1030 g/mol. The number of carbonyl (C=O) groups is 2. The Hall–Kier alpha value is -6.57. The van der Waals surface area contributed by atoms with E-state index in [-0.39, 0.29) is 22.9 Å². The van der Waals surface area contributed by atoms with Crippen LogP contribution in [0, 0.1) is 0 Å². The van der Waals surface area contributed by atoms with E-state index in [1.165, 1.54) is 55.6 Å². The van der Waals surface area contributed by atoms with Crippen LogP contribution >= 0.6 is 23.2 Å². The highest BCUT2D eigenvalue weighted by Gasteiger charge is 2.40. The third-order valence-electron chi connectivity index (χ3n) is 16.3. The number of aromatic nitrogens is 10. The van der Waals surface area contributed by atoms with E-state index in [1.807, 2.05) is 56.1 Å². The number of hydrogen-bond donors (Lipinski definition) is 2. The Morgan fingerprint density at radius 3 is 1.72 bits per heavy atom. The maximum Gasteiger partial charge on any atom is 0.407 e. The molecule has 7 aromatic rings. The molecule has 1 amide bonds. The molecule has 21 heteroatoms. The number of nitrogens with zero attached hydrogens (tertiary/aromatic N) is 14. The van der Waals surface area contributed by atoms with Gasteiger partial charge in [0, 0.05) is 90.4 Å². The largest absolute Gasteiger partial charge is 0.444 e. The van der Waals surface area contributed by atoms with Gasteiger partial charge in [-0.05, 0) is 120 Å². The lowest BCUT2D eigenvalue weighted by molar-refractivity contribution is -0.116. The number of aldehydes is 1. The summed E-state index contributed by atoms with van der Waals surface area (Å²) >= 11 is 12.0. The highest BCUT2D eigenvalue weighted by Crippen LogP contribution is 2.42. The molecule has 0 aromatic carbocycles. The highest BCUT2D eigenvalue weighted by atomic mass is 35.5. The summed E-state index contributed by atoms with van der Waals surface area (Å²) in [5.41, 5.74) is 5.73. The van der Waals surface area contributed by atoms with Crippen LogP contribution in [0.3, 0.4) is 0 Å². The van der Waals surface area contributed by atoms with E-state index < -0.39 is 17.2 Å². The lowest BCUT2D eigenvalue weighted by Crippen LogP contribution is -2.44. The first-order valence-corrected chi connectivity index (χ1v) is 28.5. The van der Waals surface area contributed by atoms with Crippen LogP contribution in [0.25, 0.3) is 33.1 Å². The molecule has 0 bridgehead atoms. The Labute approximate surface area is 464 Å². The number of rotatable bonds is 7. The fourth-order valence-electron chi connectivity index (χ4n) is 12.6. The summed E-state index contributed by atoms with van der Waals surface area (Å²) in [7, 11) is 2.17. The first-order chi connectivity index (χ1) is 37.7. The fraction of sp³-hybridized carbons (Fsp3) is 0.526. The van der Waals surface area contributed by atoms with E-state index in [4.69, 9.17) is 37.9 Å². The molecular formula is C57H70Cl2N16O3. The predicted molar refractivity (Wildman–Crippen MR) is 307 cm³/mol. The average Bonchev–Trinajstić information content (AvgIpc) is 4.15. The average molecular weight is 1100 g/mol. The van der Waals surface area contributed by atoms with Crippen LogP contribution in [-0.4, -0.2) is 117 Å². The summed E-state index contributed by atoms with van der Waals surface area (Å²) in [4.78, 5) is 69.4. The van der Waals surface area contributed by atoms with Gasteiger partial charge in [-0.25, -0.2) is 24.7 Å². The van der Waals surface area contributed by atoms with Crippen LogP contribution in [-0.2, 0) is 45.8 Å². The van der Waals surface area contributed by atoms with Crippen LogP contribution in [0.2, 0.25) is 10.6 Å². The van der Waals surface area contributed by atoms with Gasteiger partial charge in [-0.1, -0.05) is 57.8 Å². The number of piperazine rings is 1. The third kappa shape index (κ3) is 11.1. The number of amides is 1. The summed E-state index contributed by atoms with van der Waals surface area (Å²) in [5, 5.41) is 9.47. The molecule has 0 radical (unpaired) electrons. The van der Waals surface area contributed by atoms with Gasteiger partial charge in [-0.15, -0.1) is 0 Å². The molecule has 10 heterocycles.